The molecule has 0 N–H and O–H groups in total. The lowest BCUT2D eigenvalue weighted by atomic mass is 10.2. The summed E-state index contributed by atoms with van der Waals surface area (Å²) in [6, 6.07) is 5.03. The molecule has 0 bridgehead atoms. The van der Waals surface area contributed by atoms with E-state index in [9.17, 15) is 4.79 Å². The van der Waals surface area contributed by atoms with Gasteiger partial charge >= 0.3 is 5.97 Å². The van der Waals surface area contributed by atoms with E-state index in [0.29, 0.717) is 16.5 Å². The van der Waals surface area contributed by atoms with Crippen molar-refractivity contribution in [2.24, 2.45) is 0 Å². The van der Waals surface area contributed by atoms with E-state index in [1.165, 1.54) is 0 Å². The summed E-state index contributed by atoms with van der Waals surface area (Å²) < 4.78 is 15.9. The van der Waals surface area contributed by atoms with Gasteiger partial charge in [0.25, 0.3) is 5.88 Å². The fraction of sp³-hybridized carbons (Fsp3) is 0.231. The average Bonchev–Trinajstić information content (AvgIpc) is 2.77. The third-order valence-corrected chi connectivity index (χ3v) is 3.09. The number of esters is 1. The summed E-state index contributed by atoms with van der Waals surface area (Å²) in [6.45, 7) is 3.24. The van der Waals surface area contributed by atoms with Gasteiger partial charge in [0.1, 0.15) is 5.76 Å². The Labute approximate surface area is 128 Å². The molecule has 2 aromatic rings. The van der Waals surface area contributed by atoms with Gasteiger partial charge in [-0.05, 0) is 36.7 Å². The monoisotopic (exact) mass is 359 g/mol. The van der Waals surface area contributed by atoms with Crippen LogP contribution in [0.2, 0.25) is 5.02 Å². The first kappa shape index (κ1) is 14.9. The molecule has 106 valence electrons. The smallest absolute Gasteiger partial charge is 0.349 e. The number of nitrogens with zero attached hydrogens (tertiary/aromatic N) is 1. The molecule has 0 atom stereocenters. The Morgan fingerprint density at radius 2 is 2.15 bits per heavy atom. The summed E-state index contributed by atoms with van der Waals surface area (Å²) in [5.41, 5.74) is 0.745. The summed E-state index contributed by atoms with van der Waals surface area (Å²) in [5, 5.41) is 3.95. The van der Waals surface area contributed by atoms with Crippen molar-refractivity contribution >= 4 is 33.5 Å². The second-order valence-corrected chi connectivity index (χ2v) is 5.40. The highest BCUT2D eigenvalue weighted by Gasteiger charge is 2.13. The van der Waals surface area contributed by atoms with E-state index >= 15 is 0 Å². The van der Waals surface area contributed by atoms with Crippen LogP contribution in [0.15, 0.2) is 27.2 Å². The van der Waals surface area contributed by atoms with E-state index < -0.39 is 5.97 Å². The van der Waals surface area contributed by atoms with Gasteiger partial charge in [0.15, 0.2) is 12.4 Å². The molecule has 1 heterocycles. The zero-order valence-corrected chi connectivity index (χ0v) is 13.1. The molecule has 7 heteroatoms. The first-order valence-electron chi connectivity index (χ1n) is 5.68. The highest BCUT2D eigenvalue weighted by atomic mass is 79.9. The zero-order chi connectivity index (χ0) is 14.7. The summed E-state index contributed by atoms with van der Waals surface area (Å²) in [5.74, 6) is 0.580. The summed E-state index contributed by atoms with van der Waals surface area (Å²) in [7, 11) is 0. The van der Waals surface area contributed by atoms with Crippen molar-refractivity contribution in [2.45, 2.75) is 13.8 Å². The van der Waals surface area contributed by atoms with Crippen LogP contribution in [-0.2, 0) is 4.79 Å². The van der Waals surface area contributed by atoms with Crippen molar-refractivity contribution in [1.29, 1.82) is 0 Å². The minimum absolute atomic E-state index is 0.234. The molecule has 0 radical (unpaired) electrons. The lowest BCUT2D eigenvalue weighted by molar-refractivity contribution is -0.136. The lowest BCUT2D eigenvalue weighted by Gasteiger charge is -2.09. The van der Waals surface area contributed by atoms with Gasteiger partial charge in [0.2, 0.25) is 0 Å². The third kappa shape index (κ3) is 3.74. The van der Waals surface area contributed by atoms with Crippen molar-refractivity contribution in [3.05, 3.63) is 39.0 Å². The molecule has 0 amide bonds. The number of hydrogen-bond acceptors (Lipinski definition) is 5. The molecule has 0 saturated heterocycles. The van der Waals surface area contributed by atoms with Crippen molar-refractivity contribution in [3.63, 3.8) is 0 Å². The van der Waals surface area contributed by atoms with Crippen molar-refractivity contribution < 1.29 is 18.8 Å². The largest absolute Gasteiger partial charge is 0.463 e. The quantitative estimate of drug-likeness (QED) is 0.614. The molecule has 1 aromatic heterocycles. The molecule has 0 saturated carbocycles. The van der Waals surface area contributed by atoms with E-state index in [1.54, 1.807) is 32.0 Å². The van der Waals surface area contributed by atoms with E-state index in [4.69, 9.17) is 25.6 Å². The van der Waals surface area contributed by atoms with Crippen molar-refractivity contribution in [3.8, 4) is 11.6 Å². The summed E-state index contributed by atoms with van der Waals surface area (Å²) in [6.07, 6.45) is 0. The molecule has 1 aromatic carbocycles. The predicted octanol–water partition coefficient (Wildman–Crippen LogP) is 3.69. The Hall–Kier alpha value is -1.53. The summed E-state index contributed by atoms with van der Waals surface area (Å²) in [4.78, 5) is 11.7. The van der Waals surface area contributed by atoms with Gasteiger partial charge in [-0.1, -0.05) is 27.5 Å². The highest BCUT2D eigenvalue weighted by molar-refractivity contribution is 9.10. The second-order valence-electron chi connectivity index (χ2n) is 4.07. The number of aryl methyl sites for hydroxylation is 2. The molecule has 0 fully saturated rings. The van der Waals surface area contributed by atoms with Crippen LogP contribution in [-0.4, -0.2) is 17.7 Å². The first-order chi connectivity index (χ1) is 9.45. The average molecular weight is 361 g/mol. The minimum Gasteiger partial charge on any atom is -0.463 e. The van der Waals surface area contributed by atoms with Crippen LogP contribution in [0.3, 0.4) is 0 Å². The topological polar surface area (TPSA) is 61.6 Å². The van der Waals surface area contributed by atoms with Crippen LogP contribution in [0.1, 0.15) is 11.3 Å². The van der Waals surface area contributed by atoms with Crippen LogP contribution in [0.25, 0.3) is 0 Å². The molecule has 20 heavy (non-hydrogen) atoms. The van der Waals surface area contributed by atoms with Crippen LogP contribution in [0.4, 0.5) is 0 Å². The zero-order valence-electron chi connectivity index (χ0n) is 10.8. The number of halogens is 2. The molecule has 0 aliphatic rings. The van der Waals surface area contributed by atoms with Crippen molar-refractivity contribution in [1.82, 2.24) is 5.16 Å². The number of carbonyl (C=O) groups excluding carboxylic acids is 1. The molecule has 0 aliphatic carbocycles. The maximum atomic E-state index is 11.7. The number of benzene rings is 1. The number of aromatic nitrogens is 1. The number of hydrogen-bond donors (Lipinski definition) is 0. The molecule has 0 aliphatic heterocycles. The third-order valence-electron chi connectivity index (χ3n) is 2.35. The van der Waals surface area contributed by atoms with E-state index in [-0.39, 0.29) is 12.5 Å². The van der Waals surface area contributed by atoms with Gasteiger partial charge in [0.05, 0.1) is 5.02 Å². The Kier molecular flexibility index (Phi) is 4.67. The molecule has 5 nitrogen and oxygen atoms in total. The standard InChI is InChI=1S/C13H11BrClNO4/c1-7-3-9(14)5-10(15)13(7)19-12(17)6-18-11-4-8(2)20-16-11/h3-5H,6H2,1-2H3. The summed E-state index contributed by atoms with van der Waals surface area (Å²) >= 11 is 9.33. The number of carbonyl (C=O) groups is 1. The van der Waals surface area contributed by atoms with Crippen molar-refractivity contribution in [2.75, 3.05) is 6.61 Å². The fourth-order valence-corrected chi connectivity index (χ4v) is 2.52. The van der Waals surface area contributed by atoms with Crippen LogP contribution < -0.4 is 9.47 Å². The maximum absolute atomic E-state index is 11.7. The van der Waals surface area contributed by atoms with Gasteiger partial charge in [-0.25, -0.2) is 4.79 Å². The highest BCUT2D eigenvalue weighted by Crippen LogP contribution is 2.32. The Morgan fingerprint density at radius 3 is 2.75 bits per heavy atom. The van der Waals surface area contributed by atoms with E-state index in [1.807, 2.05) is 0 Å². The normalized spacial score (nSPS) is 10.4. The first-order valence-corrected chi connectivity index (χ1v) is 6.85. The Bertz CT molecular complexity index is 618. The van der Waals surface area contributed by atoms with E-state index in [2.05, 4.69) is 21.1 Å². The molecule has 0 unspecified atom stereocenters. The van der Waals surface area contributed by atoms with E-state index in [0.717, 1.165) is 10.0 Å². The van der Waals surface area contributed by atoms with Crippen LogP contribution in [0, 0.1) is 13.8 Å². The Morgan fingerprint density at radius 1 is 1.40 bits per heavy atom. The minimum atomic E-state index is -0.571. The van der Waals surface area contributed by atoms with Gasteiger partial charge in [-0.2, -0.15) is 0 Å². The lowest BCUT2D eigenvalue weighted by Crippen LogP contribution is -2.18. The molecule has 2 rings (SSSR count). The van der Waals surface area contributed by atoms with Gasteiger partial charge in [-0.3, -0.25) is 0 Å². The predicted molar refractivity (Wildman–Crippen MR) is 76.3 cm³/mol. The Balaban J connectivity index is 1.98. The SMILES string of the molecule is Cc1cc(OCC(=O)Oc2c(C)cc(Br)cc2Cl)no1. The number of ether oxygens (including phenoxy) is 2. The fourth-order valence-electron chi connectivity index (χ4n) is 1.51. The molecular weight excluding hydrogens is 350 g/mol. The van der Waals surface area contributed by atoms with Crippen LogP contribution in [0.5, 0.6) is 11.6 Å². The van der Waals surface area contributed by atoms with Crippen LogP contribution >= 0.6 is 27.5 Å². The van der Waals surface area contributed by atoms with Gasteiger partial charge in [-0.15, -0.1) is 0 Å². The number of rotatable bonds is 4. The van der Waals surface area contributed by atoms with Gasteiger partial charge < -0.3 is 14.0 Å². The molecular formula is C13H11BrClNO4. The van der Waals surface area contributed by atoms with Gasteiger partial charge in [0, 0.05) is 10.5 Å². The molecule has 0 spiro atoms. The maximum Gasteiger partial charge on any atom is 0.349 e. The second kappa shape index (κ2) is 6.28.